The van der Waals surface area contributed by atoms with Crippen LogP contribution in [0.4, 0.5) is 5.82 Å². The molecule has 0 bridgehead atoms. The summed E-state index contributed by atoms with van der Waals surface area (Å²) in [6.07, 6.45) is 8.47. The Bertz CT molecular complexity index is 1870. The van der Waals surface area contributed by atoms with Crippen molar-refractivity contribution in [2.24, 2.45) is 7.05 Å². The first-order valence-electron chi connectivity index (χ1n) is 11.8. The number of nitrogens with two attached hydrogens (primary N) is 1. The fourth-order valence-corrected chi connectivity index (χ4v) is 5.19. The maximum absolute atomic E-state index is 13.4. The second kappa shape index (κ2) is 9.46. The third kappa shape index (κ3) is 4.25. The van der Waals surface area contributed by atoms with Crippen molar-refractivity contribution in [1.29, 1.82) is 0 Å². The van der Waals surface area contributed by atoms with Crippen molar-refractivity contribution < 1.29 is 4.79 Å². The van der Waals surface area contributed by atoms with Crippen LogP contribution in [0.1, 0.15) is 40.1 Å². The van der Waals surface area contributed by atoms with Gasteiger partial charge in [-0.2, -0.15) is 5.10 Å². The van der Waals surface area contributed by atoms with Crippen molar-refractivity contribution in [2.75, 3.05) is 5.73 Å². The van der Waals surface area contributed by atoms with E-state index in [-0.39, 0.29) is 17.3 Å². The molecular weight excluding hydrogens is 496 g/mol. The first-order valence-corrected chi connectivity index (χ1v) is 12.7. The lowest BCUT2D eigenvalue weighted by molar-refractivity contribution is 0.0941. The van der Waals surface area contributed by atoms with E-state index in [4.69, 9.17) is 10.7 Å². The van der Waals surface area contributed by atoms with Crippen LogP contribution in [0, 0.1) is 11.8 Å². The molecule has 0 aliphatic heterocycles. The van der Waals surface area contributed by atoms with Crippen LogP contribution in [-0.2, 0) is 7.05 Å². The van der Waals surface area contributed by atoms with Gasteiger partial charge >= 0.3 is 0 Å². The normalized spacial score (nSPS) is 11.8. The summed E-state index contributed by atoms with van der Waals surface area (Å²) < 4.78 is 3.39. The smallest absolute Gasteiger partial charge is 0.259 e. The molecule has 1 aromatic carbocycles. The second-order valence-electron chi connectivity index (χ2n) is 8.80. The van der Waals surface area contributed by atoms with E-state index in [2.05, 4.69) is 38.3 Å². The second-order valence-corrected chi connectivity index (χ2v) is 9.66. The monoisotopic (exact) mass is 518 g/mol. The van der Waals surface area contributed by atoms with Crippen LogP contribution < -0.4 is 11.1 Å². The predicted molar refractivity (Wildman–Crippen MR) is 148 cm³/mol. The van der Waals surface area contributed by atoms with Gasteiger partial charge in [0.15, 0.2) is 5.65 Å². The van der Waals surface area contributed by atoms with Gasteiger partial charge in [-0.1, -0.05) is 42.2 Å². The molecule has 5 heterocycles. The van der Waals surface area contributed by atoms with Crippen molar-refractivity contribution >= 4 is 38.9 Å². The minimum absolute atomic E-state index is 0.121. The fourth-order valence-electron chi connectivity index (χ4n) is 4.33. The Morgan fingerprint density at radius 2 is 2.03 bits per heavy atom. The zero-order valence-corrected chi connectivity index (χ0v) is 21.4. The van der Waals surface area contributed by atoms with Crippen molar-refractivity contribution in [2.45, 2.75) is 13.0 Å². The number of benzene rings is 1. The van der Waals surface area contributed by atoms with E-state index in [0.717, 1.165) is 38.2 Å². The summed E-state index contributed by atoms with van der Waals surface area (Å²) in [5.41, 5.74) is 11.1. The summed E-state index contributed by atoms with van der Waals surface area (Å²) in [4.78, 5) is 27.6. The fraction of sp³-hybridized carbons (Fsp3) is 0.107. The number of fused-ring (bicyclic) bond motifs is 2. The van der Waals surface area contributed by atoms with Gasteiger partial charge in [-0.05, 0) is 18.6 Å². The minimum atomic E-state index is -0.427. The molecule has 38 heavy (non-hydrogen) atoms. The summed E-state index contributed by atoms with van der Waals surface area (Å²) in [7, 11) is 1.86. The Morgan fingerprint density at radius 1 is 1.18 bits per heavy atom. The zero-order valence-electron chi connectivity index (χ0n) is 20.6. The van der Waals surface area contributed by atoms with E-state index >= 15 is 0 Å². The number of thiophene rings is 1. The van der Waals surface area contributed by atoms with Crippen LogP contribution >= 0.6 is 11.3 Å². The first kappa shape index (κ1) is 23.4. The number of hydrogen-bond acceptors (Lipinski definition) is 7. The van der Waals surface area contributed by atoms with Crippen LogP contribution in [0.25, 0.3) is 27.0 Å². The number of carbonyl (C=O) groups excluding carboxylic acids is 1. The van der Waals surface area contributed by atoms with Crippen molar-refractivity contribution in [3.05, 3.63) is 95.3 Å². The molecule has 0 saturated carbocycles. The Hall–Kier alpha value is -5.01. The van der Waals surface area contributed by atoms with Crippen molar-refractivity contribution in [1.82, 2.24) is 34.4 Å². The molecule has 1 amide bonds. The number of anilines is 1. The lowest BCUT2D eigenvalue weighted by Crippen LogP contribution is -2.29. The van der Waals surface area contributed by atoms with E-state index in [9.17, 15) is 4.79 Å². The highest BCUT2D eigenvalue weighted by molar-refractivity contribution is 7.17. The molecule has 1 atom stereocenters. The van der Waals surface area contributed by atoms with Crippen LogP contribution in [0.3, 0.4) is 0 Å². The standard InChI is InChI=1S/C28H22N8OS/c1-17(33-27(37)23-25(29)31-16-36-11-10-30-26(23)36)24-21(19-6-4-3-5-7-19)12-22-20(15-38-28(22)34-24)9-8-18-13-32-35(2)14-18/h3-7,10-17H,29H2,1-2H3,(H,33,37)/t17-/m1/s1. The Morgan fingerprint density at radius 3 is 2.82 bits per heavy atom. The van der Waals surface area contributed by atoms with E-state index in [1.165, 1.54) is 17.7 Å². The van der Waals surface area contributed by atoms with Gasteiger partial charge < -0.3 is 11.1 Å². The maximum atomic E-state index is 13.4. The Kier molecular flexibility index (Phi) is 5.82. The van der Waals surface area contributed by atoms with Crippen LogP contribution in [-0.4, -0.2) is 35.0 Å². The number of rotatable bonds is 4. The van der Waals surface area contributed by atoms with Crippen LogP contribution in [0.2, 0.25) is 0 Å². The molecule has 0 saturated heterocycles. The number of pyridine rings is 1. The molecule has 5 aromatic heterocycles. The summed E-state index contributed by atoms with van der Waals surface area (Å²) in [6, 6.07) is 11.7. The van der Waals surface area contributed by atoms with E-state index in [1.807, 2.05) is 55.9 Å². The number of nitrogen functional groups attached to an aromatic ring is 1. The largest absolute Gasteiger partial charge is 0.383 e. The van der Waals surface area contributed by atoms with Crippen LogP contribution in [0.5, 0.6) is 0 Å². The topological polar surface area (TPSA) is 116 Å². The molecule has 0 spiro atoms. The highest BCUT2D eigenvalue weighted by Crippen LogP contribution is 2.34. The first-order chi connectivity index (χ1) is 18.5. The maximum Gasteiger partial charge on any atom is 0.259 e. The lowest BCUT2D eigenvalue weighted by atomic mass is 9.98. The molecule has 0 fully saturated rings. The molecule has 0 radical (unpaired) electrons. The quantitative estimate of drug-likeness (QED) is 0.338. The van der Waals surface area contributed by atoms with E-state index in [0.29, 0.717) is 5.65 Å². The molecule has 0 aliphatic rings. The molecule has 10 heteroatoms. The molecule has 6 rings (SSSR count). The highest BCUT2D eigenvalue weighted by Gasteiger charge is 2.23. The van der Waals surface area contributed by atoms with Crippen molar-refractivity contribution in [3.63, 3.8) is 0 Å². The number of nitrogens with zero attached hydrogens (tertiary/aromatic N) is 6. The van der Waals surface area contributed by atoms with Gasteiger partial charge in [0.25, 0.3) is 5.91 Å². The number of aryl methyl sites for hydroxylation is 1. The molecule has 6 aromatic rings. The SMILES string of the molecule is C[C@@H](NC(=O)c1c(N)ncn2ccnc12)c1nc2scc(C#Cc3cnn(C)c3)c2cc1-c1ccccc1. The number of hydrogen-bond donors (Lipinski definition) is 2. The Labute approximate surface area is 222 Å². The number of aromatic nitrogens is 6. The minimum Gasteiger partial charge on any atom is -0.383 e. The summed E-state index contributed by atoms with van der Waals surface area (Å²) >= 11 is 1.52. The third-order valence-electron chi connectivity index (χ3n) is 6.18. The molecule has 0 unspecified atom stereocenters. The highest BCUT2D eigenvalue weighted by atomic mass is 32.1. The van der Waals surface area contributed by atoms with Gasteiger partial charge in [-0.25, -0.2) is 15.0 Å². The van der Waals surface area contributed by atoms with Gasteiger partial charge in [0.2, 0.25) is 0 Å². The van der Waals surface area contributed by atoms with Gasteiger partial charge in [0.05, 0.1) is 23.5 Å². The summed E-state index contributed by atoms with van der Waals surface area (Å²) in [5.74, 6) is 6.20. The Balaban J connectivity index is 1.41. The molecule has 0 aliphatic carbocycles. The van der Waals surface area contributed by atoms with E-state index < -0.39 is 6.04 Å². The molecule has 9 nitrogen and oxygen atoms in total. The summed E-state index contributed by atoms with van der Waals surface area (Å²) in [6.45, 7) is 1.91. The average Bonchev–Trinajstić information content (AvgIpc) is 3.66. The zero-order chi connectivity index (χ0) is 26.2. The van der Waals surface area contributed by atoms with Crippen molar-refractivity contribution in [3.8, 4) is 23.0 Å². The van der Waals surface area contributed by atoms with E-state index in [1.54, 1.807) is 27.7 Å². The van der Waals surface area contributed by atoms with Gasteiger partial charge in [0, 0.05) is 47.5 Å². The van der Waals surface area contributed by atoms with Gasteiger partial charge in [0.1, 0.15) is 22.5 Å². The number of carbonyl (C=O) groups is 1. The lowest BCUT2D eigenvalue weighted by Gasteiger charge is -2.18. The number of nitrogens with one attached hydrogen (secondary N) is 1. The van der Waals surface area contributed by atoms with Gasteiger partial charge in [-0.3, -0.25) is 13.9 Å². The van der Waals surface area contributed by atoms with Gasteiger partial charge in [-0.15, -0.1) is 11.3 Å². The third-order valence-corrected chi connectivity index (χ3v) is 7.07. The molecule has 3 N–H and O–H groups in total. The molecular formula is C28H22N8OS. The predicted octanol–water partition coefficient (Wildman–Crippen LogP) is 4.21. The summed E-state index contributed by atoms with van der Waals surface area (Å²) in [5, 5.41) is 10.2. The number of amides is 1. The number of imidazole rings is 1. The molecule has 186 valence electrons. The average molecular weight is 519 g/mol. The van der Waals surface area contributed by atoms with Crippen LogP contribution in [0.15, 0.2) is 72.9 Å².